The van der Waals surface area contributed by atoms with Gasteiger partial charge in [-0.2, -0.15) is 0 Å². The Morgan fingerprint density at radius 2 is 1.75 bits per heavy atom. The van der Waals surface area contributed by atoms with E-state index >= 15 is 0 Å². The van der Waals surface area contributed by atoms with Crippen molar-refractivity contribution >= 4 is 23.2 Å². The standard InChI is InChI=1S/C21H21F2N3O2/c22-15-9-16(23)11-19(10-15)26-12-14(8-20(26)27)21(28)25-7-6-18(13-25)24-17-4-2-1-3-5-17/h1-5,9-11,14,18,24H,6-8,12-13H2. The Labute approximate surface area is 161 Å². The minimum absolute atomic E-state index is 0.0598. The van der Waals surface area contributed by atoms with Crippen LogP contribution in [0.2, 0.25) is 0 Å². The highest BCUT2D eigenvalue weighted by Gasteiger charge is 2.39. The number of benzene rings is 2. The smallest absolute Gasteiger partial charge is 0.228 e. The van der Waals surface area contributed by atoms with Gasteiger partial charge in [-0.1, -0.05) is 18.2 Å². The first-order valence-corrected chi connectivity index (χ1v) is 9.36. The third-order valence-electron chi connectivity index (χ3n) is 5.28. The zero-order valence-electron chi connectivity index (χ0n) is 15.3. The van der Waals surface area contributed by atoms with Crippen LogP contribution in [0.25, 0.3) is 0 Å². The maximum Gasteiger partial charge on any atom is 0.228 e. The molecule has 2 aromatic carbocycles. The van der Waals surface area contributed by atoms with E-state index < -0.39 is 17.6 Å². The number of carbonyl (C=O) groups is 2. The molecule has 2 aliphatic heterocycles. The van der Waals surface area contributed by atoms with Crippen molar-refractivity contribution in [2.24, 2.45) is 5.92 Å². The monoisotopic (exact) mass is 385 g/mol. The summed E-state index contributed by atoms with van der Waals surface area (Å²) in [5.74, 6) is -2.35. The van der Waals surface area contributed by atoms with Gasteiger partial charge in [-0.05, 0) is 30.7 Å². The van der Waals surface area contributed by atoms with Crippen molar-refractivity contribution in [1.82, 2.24) is 4.90 Å². The fourth-order valence-corrected chi connectivity index (χ4v) is 3.92. The number of nitrogens with one attached hydrogen (secondary N) is 1. The fourth-order valence-electron chi connectivity index (χ4n) is 3.92. The van der Waals surface area contributed by atoms with Gasteiger partial charge in [-0.3, -0.25) is 9.59 Å². The number of halogens is 2. The van der Waals surface area contributed by atoms with Crippen LogP contribution in [0.4, 0.5) is 20.2 Å². The molecule has 146 valence electrons. The molecule has 4 rings (SSSR count). The molecule has 2 unspecified atom stereocenters. The van der Waals surface area contributed by atoms with Gasteiger partial charge >= 0.3 is 0 Å². The topological polar surface area (TPSA) is 52.7 Å². The predicted octanol–water partition coefficient (Wildman–Crippen LogP) is 3.03. The van der Waals surface area contributed by atoms with Crippen LogP contribution in [0, 0.1) is 17.6 Å². The lowest BCUT2D eigenvalue weighted by atomic mass is 10.1. The van der Waals surface area contributed by atoms with Gasteiger partial charge in [-0.25, -0.2) is 8.78 Å². The first-order valence-electron chi connectivity index (χ1n) is 9.36. The van der Waals surface area contributed by atoms with E-state index in [2.05, 4.69) is 5.32 Å². The summed E-state index contributed by atoms with van der Waals surface area (Å²) in [7, 11) is 0. The number of hydrogen-bond acceptors (Lipinski definition) is 3. The molecule has 0 spiro atoms. The maximum absolute atomic E-state index is 13.5. The third-order valence-corrected chi connectivity index (χ3v) is 5.28. The number of likely N-dealkylation sites (tertiary alicyclic amines) is 1. The number of rotatable bonds is 4. The summed E-state index contributed by atoms with van der Waals surface area (Å²) in [6.45, 7) is 1.35. The third kappa shape index (κ3) is 3.83. The molecule has 2 aromatic rings. The molecule has 2 heterocycles. The second-order valence-corrected chi connectivity index (χ2v) is 7.31. The first kappa shape index (κ1) is 18.4. The second-order valence-electron chi connectivity index (χ2n) is 7.31. The Balaban J connectivity index is 1.38. The molecule has 0 saturated carbocycles. The quantitative estimate of drug-likeness (QED) is 0.880. The summed E-state index contributed by atoms with van der Waals surface area (Å²) in [5.41, 5.74) is 1.17. The van der Waals surface area contributed by atoms with Gasteiger partial charge < -0.3 is 15.1 Å². The minimum atomic E-state index is -0.744. The molecule has 2 amide bonds. The van der Waals surface area contributed by atoms with E-state index in [1.807, 2.05) is 30.3 Å². The second kappa shape index (κ2) is 7.58. The van der Waals surface area contributed by atoms with Gasteiger partial charge in [0.2, 0.25) is 11.8 Å². The molecular formula is C21H21F2N3O2. The summed E-state index contributed by atoms with van der Waals surface area (Å²) < 4.78 is 26.9. The Hall–Kier alpha value is -2.96. The Bertz CT molecular complexity index is 870. The molecule has 2 fully saturated rings. The van der Waals surface area contributed by atoms with Crippen molar-refractivity contribution in [2.75, 3.05) is 29.9 Å². The average molecular weight is 385 g/mol. The summed E-state index contributed by atoms with van der Waals surface area (Å²) in [6.07, 6.45) is 0.893. The highest BCUT2D eigenvalue weighted by molar-refractivity contribution is 6.00. The van der Waals surface area contributed by atoms with Gasteiger partial charge in [0.15, 0.2) is 0 Å². The average Bonchev–Trinajstić information content (AvgIpc) is 3.28. The predicted molar refractivity (Wildman–Crippen MR) is 102 cm³/mol. The molecule has 2 aliphatic rings. The van der Waals surface area contributed by atoms with Crippen LogP contribution in [0.1, 0.15) is 12.8 Å². The molecule has 0 radical (unpaired) electrons. The Morgan fingerprint density at radius 3 is 2.46 bits per heavy atom. The molecule has 7 heteroatoms. The van der Waals surface area contributed by atoms with Crippen LogP contribution in [0.3, 0.4) is 0 Å². The summed E-state index contributed by atoms with van der Waals surface area (Å²) in [6, 6.07) is 13.0. The molecule has 5 nitrogen and oxygen atoms in total. The Kier molecular flexibility index (Phi) is 4.98. The van der Waals surface area contributed by atoms with Crippen LogP contribution >= 0.6 is 0 Å². The fraction of sp³-hybridized carbons (Fsp3) is 0.333. The van der Waals surface area contributed by atoms with Gasteiger partial charge in [0.1, 0.15) is 11.6 Å². The zero-order chi connectivity index (χ0) is 19.7. The van der Waals surface area contributed by atoms with Crippen molar-refractivity contribution in [2.45, 2.75) is 18.9 Å². The first-order chi connectivity index (χ1) is 13.5. The molecule has 1 N–H and O–H groups in total. The van der Waals surface area contributed by atoms with E-state index in [9.17, 15) is 18.4 Å². The van der Waals surface area contributed by atoms with E-state index in [-0.39, 0.29) is 36.5 Å². The van der Waals surface area contributed by atoms with Crippen LogP contribution < -0.4 is 10.2 Å². The SMILES string of the molecule is O=C(C1CC(=O)N(c2cc(F)cc(F)c2)C1)N1CCC(Nc2ccccc2)C1. The number of hydrogen-bond donors (Lipinski definition) is 1. The number of carbonyl (C=O) groups excluding carboxylic acids is 2. The molecule has 0 aromatic heterocycles. The number of amides is 2. The number of anilines is 2. The van der Waals surface area contributed by atoms with E-state index in [4.69, 9.17) is 0 Å². The van der Waals surface area contributed by atoms with Crippen LogP contribution in [-0.4, -0.2) is 42.4 Å². The van der Waals surface area contributed by atoms with Crippen LogP contribution in [0.15, 0.2) is 48.5 Å². The lowest BCUT2D eigenvalue weighted by Gasteiger charge is -2.21. The van der Waals surface area contributed by atoms with Crippen LogP contribution in [-0.2, 0) is 9.59 Å². The van der Waals surface area contributed by atoms with Gasteiger partial charge in [0, 0.05) is 49.5 Å². The largest absolute Gasteiger partial charge is 0.380 e. The molecule has 0 bridgehead atoms. The van der Waals surface area contributed by atoms with Gasteiger partial charge in [-0.15, -0.1) is 0 Å². The van der Waals surface area contributed by atoms with E-state index in [0.29, 0.717) is 13.1 Å². The van der Waals surface area contributed by atoms with E-state index in [1.165, 1.54) is 4.90 Å². The molecular weight excluding hydrogens is 364 g/mol. The summed E-state index contributed by atoms with van der Waals surface area (Å²) >= 11 is 0. The number of para-hydroxylation sites is 1. The van der Waals surface area contributed by atoms with Crippen molar-refractivity contribution < 1.29 is 18.4 Å². The van der Waals surface area contributed by atoms with E-state index in [1.54, 1.807) is 4.90 Å². The highest BCUT2D eigenvalue weighted by Crippen LogP contribution is 2.29. The zero-order valence-corrected chi connectivity index (χ0v) is 15.3. The van der Waals surface area contributed by atoms with E-state index in [0.717, 1.165) is 30.3 Å². The van der Waals surface area contributed by atoms with Gasteiger partial charge in [0.05, 0.1) is 5.92 Å². The lowest BCUT2D eigenvalue weighted by Crippen LogP contribution is -2.37. The highest BCUT2D eigenvalue weighted by atomic mass is 19.1. The van der Waals surface area contributed by atoms with Crippen molar-refractivity contribution in [1.29, 1.82) is 0 Å². The number of nitrogens with zero attached hydrogens (tertiary/aromatic N) is 2. The van der Waals surface area contributed by atoms with Crippen molar-refractivity contribution in [3.8, 4) is 0 Å². The van der Waals surface area contributed by atoms with Crippen molar-refractivity contribution in [3.05, 3.63) is 60.2 Å². The molecule has 28 heavy (non-hydrogen) atoms. The molecule has 2 saturated heterocycles. The maximum atomic E-state index is 13.5. The van der Waals surface area contributed by atoms with Gasteiger partial charge in [0.25, 0.3) is 0 Å². The summed E-state index contributed by atoms with van der Waals surface area (Å²) in [5, 5.41) is 3.42. The lowest BCUT2D eigenvalue weighted by molar-refractivity contribution is -0.134. The normalized spacial score (nSPS) is 22.0. The summed E-state index contributed by atoms with van der Waals surface area (Å²) in [4.78, 5) is 28.3. The molecule has 2 atom stereocenters. The van der Waals surface area contributed by atoms with Crippen molar-refractivity contribution in [3.63, 3.8) is 0 Å². The van der Waals surface area contributed by atoms with Crippen LogP contribution in [0.5, 0.6) is 0 Å². The minimum Gasteiger partial charge on any atom is -0.380 e. The molecule has 0 aliphatic carbocycles. The Morgan fingerprint density at radius 1 is 1.04 bits per heavy atom.